The second-order valence-electron chi connectivity index (χ2n) is 7.39. The lowest BCUT2D eigenvalue weighted by molar-refractivity contribution is -0.137. The molecule has 0 spiro atoms. The van der Waals surface area contributed by atoms with Crippen LogP contribution in [0.5, 0.6) is 0 Å². The van der Waals surface area contributed by atoms with Crippen LogP contribution in [0.3, 0.4) is 0 Å². The molecule has 0 bridgehead atoms. The van der Waals surface area contributed by atoms with Gasteiger partial charge < -0.3 is 9.64 Å². The summed E-state index contributed by atoms with van der Waals surface area (Å²) in [4.78, 5) is 26.4. The third-order valence-corrected chi connectivity index (χ3v) is 6.21. The summed E-state index contributed by atoms with van der Waals surface area (Å²) in [6, 6.07) is 5.05. The average Bonchev–Trinajstić information content (AvgIpc) is 2.89. The quantitative estimate of drug-likeness (QED) is 0.705. The van der Waals surface area contributed by atoms with E-state index in [1.165, 1.54) is 0 Å². The highest BCUT2D eigenvalue weighted by molar-refractivity contribution is 7.91. The molecule has 1 aliphatic rings. The average molecular weight is 381 g/mol. The first-order chi connectivity index (χ1) is 12.1. The van der Waals surface area contributed by atoms with E-state index >= 15 is 0 Å². The molecule has 0 unspecified atom stereocenters. The van der Waals surface area contributed by atoms with Crippen molar-refractivity contribution in [2.75, 3.05) is 24.7 Å². The van der Waals surface area contributed by atoms with Crippen molar-refractivity contribution >= 4 is 21.7 Å². The first-order valence-corrected chi connectivity index (χ1v) is 10.7. The SMILES string of the molecule is Cc1ccc(C(=O)OCC(=O)N(CC(C)C)[C@H]2CCS(=O)(=O)C2)c(C)c1. The summed E-state index contributed by atoms with van der Waals surface area (Å²) < 4.78 is 28.7. The first-order valence-electron chi connectivity index (χ1n) is 8.83. The number of carbonyl (C=O) groups excluding carboxylic acids is 2. The van der Waals surface area contributed by atoms with E-state index in [1.54, 1.807) is 11.0 Å². The largest absolute Gasteiger partial charge is 0.452 e. The molecular weight excluding hydrogens is 354 g/mol. The highest BCUT2D eigenvalue weighted by atomic mass is 32.2. The normalized spacial score (nSPS) is 18.7. The third-order valence-electron chi connectivity index (χ3n) is 4.46. The molecule has 0 aromatic heterocycles. The van der Waals surface area contributed by atoms with Crippen molar-refractivity contribution in [1.29, 1.82) is 0 Å². The molecule has 0 N–H and O–H groups in total. The van der Waals surface area contributed by atoms with Crippen LogP contribution in [0.2, 0.25) is 0 Å². The van der Waals surface area contributed by atoms with Crippen LogP contribution >= 0.6 is 0 Å². The standard InChI is InChI=1S/C19H27NO5S/c1-13(2)10-20(16-7-8-26(23,24)12-16)18(21)11-25-19(22)17-6-5-14(3)9-15(17)4/h5-6,9,13,16H,7-8,10-12H2,1-4H3/t16-/m0/s1. The summed E-state index contributed by atoms with van der Waals surface area (Å²) in [6.45, 7) is 7.75. The fourth-order valence-corrected chi connectivity index (χ4v) is 4.93. The van der Waals surface area contributed by atoms with Gasteiger partial charge in [-0.05, 0) is 37.8 Å². The van der Waals surface area contributed by atoms with Gasteiger partial charge in [0.2, 0.25) is 0 Å². The van der Waals surface area contributed by atoms with Crippen molar-refractivity contribution in [3.05, 3.63) is 34.9 Å². The number of ether oxygens (including phenoxy) is 1. The summed E-state index contributed by atoms with van der Waals surface area (Å²) in [5, 5.41) is 0. The Morgan fingerprint density at radius 3 is 2.50 bits per heavy atom. The Bertz CT molecular complexity index is 785. The number of sulfone groups is 1. The highest BCUT2D eigenvalue weighted by Crippen LogP contribution is 2.20. The van der Waals surface area contributed by atoms with Crippen molar-refractivity contribution < 1.29 is 22.7 Å². The topological polar surface area (TPSA) is 80.8 Å². The third kappa shape index (κ3) is 5.30. The summed E-state index contributed by atoms with van der Waals surface area (Å²) in [5.74, 6) is -0.617. The molecule has 1 aromatic carbocycles. The first kappa shape index (κ1) is 20.4. The molecule has 1 atom stereocenters. The van der Waals surface area contributed by atoms with E-state index in [9.17, 15) is 18.0 Å². The number of benzene rings is 1. The van der Waals surface area contributed by atoms with Gasteiger partial charge in [0.15, 0.2) is 16.4 Å². The van der Waals surface area contributed by atoms with E-state index in [0.29, 0.717) is 18.5 Å². The van der Waals surface area contributed by atoms with Crippen molar-refractivity contribution in [2.24, 2.45) is 5.92 Å². The molecule has 1 aliphatic heterocycles. The summed E-state index contributed by atoms with van der Waals surface area (Å²) in [7, 11) is -3.10. The smallest absolute Gasteiger partial charge is 0.338 e. The van der Waals surface area contributed by atoms with Gasteiger partial charge in [0, 0.05) is 12.6 Å². The van der Waals surface area contributed by atoms with Gasteiger partial charge in [-0.15, -0.1) is 0 Å². The van der Waals surface area contributed by atoms with E-state index in [2.05, 4.69) is 0 Å². The minimum atomic E-state index is -3.10. The molecule has 1 aromatic rings. The number of hydrogen-bond acceptors (Lipinski definition) is 5. The van der Waals surface area contributed by atoms with Gasteiger partial charge in [0.25, 0.3) is 5.91 Å². The van der Waals surface area contributed by atoms with Crippen LogP contribution in [0.4, 0.5) is 0 Å². The Morgan fingerprint density at radius 2 is 1.96 bits per heavy atom. The number of rotatable bonds is 6. The van der Waals surface area contributed by atoms with Crippen LogP contribution in [-0.2, 0) is 19.4 Å². The second kappa shape index (κ2) is 8.20. The minimum absolute atomic E-state index is 0.0174. The fourth-order valence-electron chi connectivity index (χ4n) is 3.20. The van der Waals surface area contributed by atoms with Crippen molar-refractivity contribution in [3.63, 3.8) is 0 Å². The van der Waals surface area contributed by atoms with Gasteiger partial charge in [0.05, 0.1) is 17.1 Å². The van der Waals surface area contributed by atoms with Gasteiger partial charge in [0.1, 0.15) is 0 Å². The van der Waals surface area contributed by atoms with Crippen LogP contribution < -0.4 is 0 Å². The molecule has 0 aliphatic carbocycles. The molecule has 0 radical (unpaired) electrons. The summed E-state index contributed by atoms with van der Waals surface area (Å²) in [5.41, 5.74) is 2.27. The maximum atomic E-state index is 12.6. The summed E-state index contributed by atoms with van der Waals surface area (Å²) in [6.07, 6.45) is 0.436. The maximum absolute atomic E-state index is 12.6. The molecule has 1 saturated heterocycles. The van der Waals surface area contributed by atoms with Crippen LogP contribution in [0.25, 0.3) is 0 Å². The van der Waals surface area contributed by atoms with Crippen molar-refractivity contribution in [2.45, 2.75) is 40.2 Å². The Hall–Kier alpha value is -1.89. The van der Waals surface area contributed by atoms with Crippen LogP contribution in [-0.4, -0.2) is 55.9 Å². The van der Waals surface area contributed by atoms with E-state index in [0.717, 1.165) is 11.1 Å². The number of amides is 1. The number of carbonyl (C=O) groups is 2. The molecule has 1 amide bonds. The van der Waals surface area contributed by atoms with Gasteiger partial charge in [-0.3, -0.25) is 4.79 Å². The molecule has 1 heterocycles. The Morgan fingerprint density at radius 1 is 1.27 bits per heavy atom. The van der Waals surface area contributed by atoms with E-state index in [1.807, 2.05) is 39.8 Å². The number of esters is 1. The Kier molecular flexibility index (Phi) is 6.44. The fraction of sp³-hybridized carbons (Fsp3) is 0.579. The Balaban J connectivity index is 2.03. The zero-order valence-electron chi connectivity index (χ0n) is 15.8. The zero-order valence-corrected chi connectivity index (χ0v) is 16.6. The summed E-state index contributed by atoms with van der Waals surface area (Å²) >= 11 is 0. The van der Waals surface area contributed by atoms with Gasteiger partial charge >= 0.3 is 5.97 Å². The van der Waals surface area contributed by atoms with E-state index < -0.39 is 15.8 Å². The monoisotopic (exact) mass is 381 g/mol. The molecule has 6 nitrogen and oxygen atoms in total. The number of aryl methyl sites for hydroxylation is 2. The molecule has 2 rings (SSSR count). The lowest BCUT2D eigenvalue weighted by atomic mass is 10.1. The van der Waals surface area contributed by atoms with Crippen LogP contribution in [0, 0.1) is 19.8 Å². The number of nitrogens with zero attached hydrogens (tertiary/aromatic N) is 1. The molecule has 1 fully saturated rings. The van der Waals surface area contributed by atoms with E-state index in [-0.39, 0.29) is 36.0 Å². The van der Waals surface area contributed by atoms with E-state index in [4.69, 9.17) is 4.74 Å². The van der Waals surface area contributed by atoms with Crippen molar-refractivity contribution in [1.82, 2.24) is 4.90 Å². The lowest BCUT2D eigenvalue weighted by Gasteiger charge is -2.29. The molecule has 26 heavy (non-hydrogen) atoms. The zero-order chi connectivity index (χ0) is 19.5. The van der Waals surface area contributed by atoms with Gasteiger partial charge in [-0.1, -0.05) is 31.5 Å². The molecular formula is C19H27NO5S. The van der Waals surface area contributed by atoms with Gasteiger partial charge in [-0.2, -0.15) is 0 Å². The highest BCUT2D eigenvalue weighted by Gasteiger charge is 2.35. The number of hydrogen-bond donors (Lipinski definition) is 0. The predicted molar refractivity (Wildman–Crippen MR) is 99.8 cm³/mol. The second-order valence-corrected chi connectivity index (χ2v) is 9.62. The molecule has 144 valence electrons. The van der Waals surface area contributed by atoms with Crippen LogP contribution in [0.15, 0.2) is 18.2 Å². The predicted octanol–water partition coefficient (Wildman–Crippen LogP) is 2.13. The molecule has 0 saturated carbocycles. The Labute approximate surface area is 155 Å². The lowest BCUT2D eigenvalue weighted by Crippen LogP contribution is -2.45. The molecule has 7 heteroatoms. The van der Waals surface area contributed by atoms with Crippen LogP contribution in [0.1, 0.15) is 41.8 Å². The van der Waals surface area contributed by atoms with Crippen molar-refractivity contribution in [3.8, 4) is 0 Å². The maximum Gasteiger partial charge on any atom is 0.338 e. The van der Waals surface area contributed by atoms with Gasteiger partial charge in [-0.25, -0.2) is 13.2 Å². The minimum Gasteiger partial charge on any atom is -0.452 e.